The Labute approximate surface area is 75.0 Å². The van der Waals surface area contributed by atoms with Gasteiger partial charge in [-0.05, 0) is 18.8 Å². The number of rotatable bonds is 2. The van der Waals surface area contributed by atoms with Gasteiger partial charge < -0.3 is 9.19 Å². The van der Waals surface area contributed by atoms with Crippen LogP contribution in [0.25, 0.3) is 0 Å². The molecule has 3 radical (unpaired) electrons. The summed E-state index contributed by atoms with van der Waals surface area (Å²) in [6, 6.07) is 0. The zero-order chi connectivity index (χ0) is 8.60. The van der Waals surface area contributed by atoms with Crippen molar-refractivity contribution in [3.05, 3.63) is 0 Å². The molecule has 3 aliphatic heterocycles. The molecule has 0 unspecified atom stereocenters. The Morgan fingerprint density at radius 3 is 2.58 bits per heavy atom. The fourth-order valence-corrected chi connectivity index (χ4v) is 2.76. The number of piperidine rings is 3. The van der Waals surface area contributed by atoms with Crippen molar-refractivity contribution in [2.75, 3.05) is 19.6 Å². The Kier molecular flexibility index (Phi) is 1.99. The summed E-state index contributed by atoms with van der Waals surface area (Å²) in [6.45, 7) is 3.28. The lowest BCUT2D eigenvalue weighted by atomic mass is 9.74. The van der Waals surface area contributed by atoms with Crippen LogP contribution in [0.1, 0.15) is 19.3 Å². The van der Waals surface area contributed by atoms with E-state index in [0.717, 1.165) is 42.7 Å². The van der Waals surface area contributed by atoms with Gasteiger partial charge in [0.05, 0.1) is 0 Å². The minimum atomic E-state index is 0.579. The van der Waals surface area contributed by atoms with Gasteiger partial charge in [-0.25, -0.2) is 7.98 Å². The van der Waals surface area contributed by atoms with E-state index in [1.807, 2.05) is 0 Å². The van der Waals surface area contributed by atoms with Gasteiger partial charge in [0, 0.05) is 32.0 Å². The molecule has 0 amide bonds. The zero-order valence-corrected chi connectivity index (χ0v) is 7.41. The first-order valence-electron chi connectivity index (χ1n) is 4.82. The van der Waals surface area contributed by atoms with Gasteiger partial charge >= 0.3 is 0 Å². The Morgan fingerprint density at radius 2 is 2.08 bits per heavy atom. The molecule has 3 heterocycles. The molecular formula is C9H15BNO. The van der Waals surface area contributed by atoms with E-state index in [-0.39, 0.29) is 0 Å². The van der Waals surface area contributed by atoms with Crippen LogP contribution in [0.2, 0.25) is 0 Å². The van der Waals surface area contributed by atoms with Crippen LogP contribution in [0.15, 0.2) is 0 Å². The van der Waals surface area contributed by atoms with Crippen LogP contribution in [0.4, 0.5) is 0 Å². The molecule has 2 bridgehead atoms. The maximum atomic E-state index is 10.4. The van der Waals surface area contributed by atoms with Crippen molar-refractivity contribution in [1.82, 2.24) is 0 Å². The van der Waals surface area contributed by atoms with Gasteiger partial charge in [0.2, 0.25) is 0 Å². The average molecular weight is 164 g/mol. The van der Waals surface area contributed by atoms with Crippen molar-refractivity contribution in [3.63, 3.8) is 0 Å². The molecule has 3 rings (SSSR count). The lowest BCUT2D eigenvalue weighted by Gasteiger charge is -2.61. The summed E-state index contributed by atoms with van der Waals surface area (Å²) < 4.78 is 0.731. The average Bonchev–Trinajstić information content (AvgIpc) is 2.05. The molecule has 0 aromatic heterocycles. The normalized spacial score (nSPS) is 46.1. The first-order chi connectivity index (χ1) is 5.73. The lowest BCUT2D eigenvalue weighted by molar-refractivity contribution is -0.841. The summed E-state index contributed by atoms with van der Waals surface area (Å²) in [5.74, 6) is 1.37. The van der Waals surface area contributed by atoms with Gasteiger partial charge in [0.1, 0.15) is 6.29 Å². The minimum Gasteiger partial charge on any atom is -0.588 e. The fourth-order valence-electron chi connectivity index (χ4n) is 2.76. The Morgan fingerprint density at radius 1 is 1.42 bits per heavy atom. The van der Waals surface area contributed by atoms with E-state index in [2.05, 4.69) is 0 Å². The predicted molar refractivity (Wildman–Crippen MR) is 47.5 cm³/mol. The summed E-state index contributed by atoms with van der Waals surface area (Å²) >= 11 is 0. The summed E-state index contributed by atoms with van der Waals surface area (Å²) in [6.07, 6.45) is 4.24. The van der Waals surface area contributed by atoms with E-state index in [9.17, 15) is 4.79 Å². The monoisotopic (exact) mass is 164 g/mol. The molecule has 0 N–H and O–H groups in total. The third kappa shape index (κ3) is 1.31. The minimum absolute atomic E-state index is 0.579. The second-order valence-electron chi connectivity index (χ2n) is 4.35. The number of hydrogen-bond acceptors (Lipinski definition) is 1. The van der Waals surface area contributed by atoms with E-state index in [0.29, 0.717) is 5.92 Å². The Bertz CT molecular complexity index is 187. The van der Waals surface area contributed by atoms with Crippen LogP contribution in [-0.4, -0.2) is 38.3 Å². The number of hydrogen-bond donors (Lipinski definition) is 0. The van der Waals surface area contributed by atoms with Crippen molar-refractivity contribution < 1.29 is 9.19 Å². The number of carbonyl (C=O) groups is 1. The Balaban J connectivity index is 2.05. The first kappa shape index (κ1) is 8.30. The molecule has 2 nitrogen and oxygen atoms in total. The van der Waals surface area contributed by atoms with Gasteiger partial charge in [0.15, 0.2) is 0 Å². The van der Waals surface area contributed by atoms with Gasteiger partial charge in [-0.3, -0.25) is 0 Å². The third-order valence-corrected chi connectivity index (χ3v) is 3.55. The van der Waals surface area contributed by atoms with Crippen LogP contribution >= 0.6 is 0 Å². The number of carbonyl (C=O) groups excluding carboxylic acids is 1. The Hall–Kier alpha value is -0.305. The number of fused-ring (bicyclic) bond motifs is 3. The molecule has 0 saturated carbocycles. The van der Waals surface area contributed by atoms with E-state index in [1.165, 1.54) is 12.8 Å². The molecule has 1 atom stereocenters. The highest BCUT2D eigenvalue weighted by molar-refractivity contribution is 5.97. The van der Waals surface area contributed by atoms with Crippen molar-refractivity contribution in [2.24, 2.45) is 11.8 Å². The van der Waals surface area contributed by atoms with Crippen molar-refractivity contribution >= 4 is 14.3 Å². The van der Waals surface area contributed by atoms with Crippen LogP contribution in [0.5, 0.6) is 0 Å². The van der Waals surface area contributed by atoms with Crippen molar-refractivity contribution in [1.29, 1.82) is 0 Å². The quantitative estimate of drug-likeness (QED) is 0.429. The lowest BCUT2D eigenvalue weighted by Crippen LogP contribution is -2.60. The summed E-state index contributed by atoms with van der Waals surface area (Å²) in [4.78, 5) is 10.4. The van der Waals surface area contributed by atoms with Crippen molar-refractivity contribution in [2.45, 2.75) is 19.3 Å². The molecule has 3 fully saturated rings. The molecule has 0 aliphatic carbocycles. The number of aldehydes is 1. The summed E-state index contributed by atoms with van der Waals surface area (Å²) in [5.41, 5.74) is 0. The third-order valence-electron chi connectivity index (χ3n) is 3.55. The predicted octanol–water partition coefficient (Wildman–Crippen LogP) is 0.515. The molecule has 3 heteroatoms. The topological polar surface area (TPSA) is 17.1 Å². The maximum absolute atomic E-state index is 10.4. The molecule has 3 aliphatic rings. The summed E-state index contributed by atoms with van der Waals surface area (Å²) in [7, 11) is 6.14. The van der Waals surface area contributed by atoms with E-state index in [4.69, 9.17) is 7.98 Å². The SMILES string of the molecule is [B-][N+]12CCC(CC1)[C@H](CC=O)C2. The zero-order valence-electron chi connectivity index (χ0n) is 7.41. The molecule has 65 valence electrons. The van der Waals surface area contributed by atoms with E-state index < -0.39 is 0 Å². The molecule has 0 aromatic carbocycles. The highest BCUT2D eigenvalue weighted by Crippen LogP contribution is 2.37. The fraction of sp³-hybridized carbons (Fsp3) is 0.889. The van der Waals surface area contributed by atoms with Gasteiger partial charge in [-0.2, -0.15) is 0 Å². The number of quaternary nitrogens is 1. The van der Waals surface area contributed by atoms with Crippen LogP contribution in [0, 0.1) is 11.8 Å². The van der Waals surface area contributed by atoms with Gasteiger partial charge in [0.25, 0.3) is 0 Å². The van der Waals surface area contributed by atoms with Crippen LogP contribution < -0.4 is 0 Å². The van der Waals surface area contributed by atoms with Gasteiger partial charge in [-0.1, -0.05) is 0 Å². The number of nitrogens with zero attached hydrogens (tertiary/aromatic N) is 1. The van der Waals surface area contributed by atoms with Crippen molar-refractivity contribution in [3.8, 4) is 0 Å². The highest BCUT2D eigenvalue weighted by Gasteiger charge is 2.36. The summed E-state index contributed by atoms with van der Waals surface area (Å²) in [5, 5.41) is 0. The van der Waals surface area contributed by atoms with Gasteiger partial charge in [-0.15, -0.1) is 0 Å². The maximum Gasteiger partial charge on any atom is 0.120 e. The molecule has 3 saturated heterocycles. The first-order valence-corrected chi connectivity index (χ1v) is 4.82. The molecule has 0 spiro atoms. The van der Waals surface area contributed by atoms with Crippen LogP contribution in [0.3, 0.4) is 0 Å². The van der Waals surface area contributed by atoms with Crippen LogP contribution in [-0.2, 0) is 4.79 Å². The molecule has 0 aromatic rings. The molecule has 12 heavy (non-hydrogen) atoms. The standard InChI is InChI=1S/C9H15BNO/c10-11-4-1-8(2-5-11)9(7-11)3-6-12/h6,8-9H,1-5,7H2/t8?,9-,11?/m1/s1. The smallest absolute Gasteiger partial charge is 0.120 e. The van der Waals surface area contributed by atoms with E-state index in [1.54, 1.807) is 0 Å². The molecular weight excluding hydrogens is 149 g/mol. The largest absolute Gasteiger partial charge is 0.588 e. The van der Waals surface area contributed by atoms with E-state index >= 15 is 0 Å². The second-order valence-corrected chi connectivity index (χ2v) is 4.35. The second kappa shape index (κ2) is 2.88. The highest BCUT2D eigenvalue weighted by atomic mass is 16.1.